The number of esters is 1. The number of hydrogen-bond acceptors (Lipinski definition) is 6. The number of hydrogen-bond donors (Lipinski definition) is 1. The number of ether oxygens (including phenoxy) is 1. The van der Waals surface area contributed by atoms with Gasteiger partial charge in [-0.25, -0.2) is 9.67 Å². The molecular formula is C14H13N5O2. The van der Waals surface area contributed by atoms with Crippen LogP contribution in [-0.2, 0) is 22.7 Å². The molecule has 0 spiro atoms. The summed E-state index contributed by atoms with van der Waals surface area (Å²) in [6.45, 7) is 0.139. The standard InChI is InChI=1S/C14H13N5O2/c15-14-17-9-19(18-14)7-12(20)21-8-11-4-1-3-10-5-2-6-16-13(10)11/h1-6,9H,7-8H2,(H2,15,18). The first-order valence-electron chi connectivity index (χ1n) is 6.35. The van der Waals surface area contributed by atoms with Crippen molar-refractivity contribution >= 4 is 22.8 Å². The third-order valence-electron chi connectivity index (χ3n) is 2.95. The topological polar surface area (TPSA) is 95.9 Å². The molecule has 0 aliphatic carbocycles. The molecule has 1 aromatic carbocycles. The van der Waals surface area contributed by atoms with Crippen molar-refractivity contribution in [2.75, 3.05) is 5.73 Å². The number of aromatic nitrogens is 4. The number of carbonyl (C=O) groups excluding carboxylic acids is 1. The van der Waals surface area contributed by atoms with E-state index in [-0.39, 0.29) is 19.1 Å². The second kappa shape index (κ2) is 5.58. The van der Waals surface area contributed by atoms with Crippen molar-refractivity contribution in [3.8, 4) is 0 Å². The molecule has 0 radical (unpaired) electrons. The first kappa shape index (κ1) is 13.0. The molecule has 0 saturated carbocycles. The van der Waals surface area contributed by atoms with E-state index in [1.165, 1.54) is 11.0 Å². The zero-order chi connectivity index (χ0) is 14.7. The molecule has 2 aromatic heterocycles. The minimum Gasteiger partial charge on any atom is -0.459 e. The lowest BCUT2D eigenvalue weighted by Crippen LogP contribution is -2.14. The molecule has 2 heterocycles. The van der Waals surface area contributed by atoms with E-state index in [9.17, 15) is 4.79 Å². The van der Waals surface area contributed by atoms with Crippen molar-refractivity contribution < 1.29 is 9.53 Å². The predicted molar refractivity (Wildman–Crippen MR) is 76.0 cm³/mol. The summed E-state index contributed by atoms with van der Waals surface area (Å²) in [6, 6.07) is 9.59. The van der Waals surface area contributed by atoms with E-state index in [0.29, 0.717) is 0 Å². The Morgan fingerprint density at radius 2 is 2.10 bits per heavy atom. The van der Waals surface area contributed by atoms with Gasteiger partial charge in [0.25, 0.3) is 0 Å². The van der Waals surface area contributed by atoms with Crippen molar-refractivity contribution in [2.24, 2.45) is 0 Å². The van der Waals surface area contributed by atoms with E-state index in [1.807, 2.05) is 30.3 Å². The maximum atomic E-state index is 11.8. The summed E-state index contributed by atoms with van der Waals surface area (Å²) >= 11 is 0. The molecule has 7 heteroatoms. The minimum atomic E-state index is -0.409. The summed E-state index contributed by atoms with van der Waals surface area (Å²) < 4.78 is 6.57. The number of para-hydroxylation sites is 1. The van der Waals surface area contributed by atoms with Gasteiger partial charge in [-0.1, -0.05) is 24.3 Å². The van der Waals surface area contributed by atoms with E-state index in [4.69, 9.17) is 10.5 Å². The molecule has 0 atom stereocenters. The van der Waals surface area contributed by atoms with Crippen LogP contribution in [0.1, 0.15) is 5.56 Å². The number of nitrogens with two attached hydrogens (primary N) is 1. The van der Waals surface area contributed by atoms with Gasteiger partial charge >= 0.3 is 5.97 Å². The Morgan fingerprint density at radius 1 is 1.24 bits per heavy atom. The fourth-order valence-electron chi connectivity index (χ4n) is 2.01. The molecule has 0 fully saturated rings. The highest BCUT2D eigenvalue weighted by molar-refractivity contribution is 5.81. The third kappa shape index (κ3) is 2.97. The molecule has 0 aliphatic heterocycles. The summed E-state index contributed by atoms with van der Waals surface area (Å²) in [6.07, 6.45) is 3.10. The Bertz CT molecular complexity index is 778. The lowest BCUT2D eigenvalue weighted by Gasteiger charge is -2.07. The van der Waals surface area contributed by atoms with Crippen LogP contribution in [0, 0.1) is 0 Å². The van der Waals surface area contributed by atoms with E-state index in [0.717, 1.165) is 16.5 Å². The number of pyridine rings is 1. The lowest BCUT2D eigenvalue weighted by molar-refractivity contribution is -0.145. The van der Waals surface area contributed by atoms with Gasteiger partial charge in [0, 0.05) is 17.1 Å². The zero-order valence-electron chi connectivity index (χ0n) is 11.1. The van der Waals surface area contributed by atoms with Crippen LogP contribution in [0.5, 0.6) is 0 Å². The summed E-state index contributed by atoms with van der Waals surface area (Å²) in [5.41, 5.74) is 7.07. The maximum Gasteiger partial charge on any atom is 0.328 e. The van der Waals surface area contributed by atoms with Crippen molar-refractivity contribution in [1.82, 2.24) is 19.7 Å². The number of nitrogen functional groups attached to an aromatic ring is 1. The molecular weight excluding hydrogens is 270 g/mol. The van der Waals surface area contributed by atoms with Gasteiger partial charge < -0.3 is 10.5 Å². The van der Waals surface area contributed by atoms with Crippen LogP contribution in [0.3, 0.4) is 0 Å². The van der Waals surface area contributed by atoms with Gasteiger partial charge in [0.05, 0.1) is 5.52 Å². The van der Waals surface area contributed by atoms with Gasteiger partial charge in [-0.2, -0.15) is 0 Å². The second-order valence-corrected chi connectivity index (χ2v) is 4.45. The van der Waals surface area contributed by atoms with Crippen molar-refractivity contribution in [3.63, 3.8) is 0 Å². The summed E-state index contributed by atoms with van der Waals surface area (Å²) in [5, 5.41) is 4.84. The smallest absolute Gasteiger partial charge is 0.328 e. The van der Waals surface area contributed by atoms with Crippen molar-refractivity contribution in [3.05, 3.63) is 48.4 Å². The van der Waals surface area contributed by atoms with Crippen LogP contribution in [-0.4, -0.2) is 25.7 Å². The lowest BCUT2D eigenvalue weighted by atomic mass is 10.1. The van der Waals surface area contributed by atoms with E-state index in [1.54, 1.807) is 6.20 Å². The Morgan fingerprint density at radius 3 is 2.90 bits per heavy atom. The van der Waals surface area contributed by atoms with Crippen molar-refractivity contribution in [1.29, 1.82) is 0 Å². The molecule has 3 rings (SSSR count). The number of rotatable bonds is 4. The molecule has 0 bridgehead atoms. The maximum absolute atomic E-state index is 11.8. The van der Waals surface area contributed by atoms with Crippen LogP contribution in [0.25, 0.3) is 10.9 Å². The van der Waals surface area contributed by atoms with Crippen LogP contribution in [0.15, 0.2) is 42.9 Å². The summed E-state index contributed by atoms with van der Waals surface area (Å²) in [4.78, 5) is 19.8. The number of carbonyl (C=O) groups is 1. The molecule has 0 aliphatic rings. The van der Waals surface area contributed by atoms with Gasteiger partial charge in [0.2, 0.25) is 5.95 Å². The zero-order valence-corrected chi connectivity index (χ0v) is 11.1. The fraction of sp³-hybridized carbons (Fsp3) is 0.143. The molecule has 0 unspecified atom stereocenters. The second-order valence-electron chi connectivity index (χ2n) is 4.45. The molecule has 0 saturated heterocycles. The van der Waals surface area contributed by atoms with Gasteiger partial charge in [-0.3, -0.25) is 9.78 Å². The average Bonchev–Trinajstić information content (AvgIpc) is 2.90. The number of nitrogens with zero attached hydrogens (tertiary/aromatic N) is 4. The van der Waals surface area contributed by atoms with Crippen LogP contribution in [0.2, 0.25) is 0 Å². The predicted octanol–water partition coefficient (Wildman–Crippen LogP) is 1.15. The normalized spacial score (nSPS) is 10.7. The third-order valence-corrected chi connectivity index (χ3v) is 2.95. The highest BCUT2D eigenvalue weighted by atomic mass is 16.5. The SMILES string of the molecule is Nc1ncn(CC(=O)OCc2cccc3cccnc23)n1. The Balaban J connectivity index is 1.67. The van der Waals surface area contributed by atoms with Gasteiger partial charge in [0.1, 0.15) is 19.5 Å². The molecule has 106 valence electrons. The van der Waals surface area contributed by atoms with Crippen molar-refractivity contribution in [2.45, 2.75) is 13.2 Å². The summed E-state index contributed by atoms with van der Waals surface area (Å²) in [7, 11) is 0. The first-order chi connectivity index (χ1) is 10.2. The van der Waals surface area contributed by atoms with E-state index in [2.05, 4.69) is 15.1 Å². The van der Waals surface area contributed by atoms with E-state index < -0.39 is 5.97 Å². The van der Waals surface area contributed by atoms with Gasteiger partial charge in [-0.05, 0) is 6.07 Å². The summed E-state index contributed by atoms with van der Waals surface area (Å²) in [5.74, 6) is -0.283. The Labute approximate surface area is 120 Å². The average molecular weight is 283 g/mol. The fourth-order valence-corrected chi connectivity index (χ4v) is 2.01. The quantitative estimate of drug-likeness (QED) is 0.722. The minimum absolute atomic E-state index is 0.0254. The molecule has 2 N–H and O–H groups in total. The highest BCUT2D eigenvalue weighted by Crippen LogP contribution is 2.16. The molecule has 3 aromatic rings. The van der Waals surface area contributed by atoms with Gasteiger partial charge in [0.15, 0.2) is 0 Å². The first-order valence-corrected chi connectivity index (χ1v) is 6.35. The van der Waals surface area contributed by atoms with Crippen LogP contribution in [0.4, 0.5) is 5.95 Å². The monoisotopic (exact) mass is 283 g/mol. The molecule has 0 amide bonds. The number of anilines is 1. The Hall–Kier alpha value is -2.96. The molecule has 21 heavy (non-hydrogen) atoms. The largest absolute Gasteiger partial charge is 0.459 e. The van der Waals surface area contributed by atoms with Crippen LogP contribution >= 0.6 is 0 Å². The Kier molecular flexibility index (Phi) is 3.46. The number of fused-ring (bicyclic) bond motifs is 1. The number of benzene rings is 1. The van der Waals surface area contributed by atoms with Gasteiger partial charge in [-0.15, -0.1) is 5.10 Å². The van der Waals surface area contributed by atoms with E-state index >= 15 is 0 Å². The van der Waals surface area contributed by atoms with Crippen LogP contribution < -0.4 is 5.73 Å². The highest BCUT2D eigenvalue weighted by Gasteiger charge is 2.08. The molecule has 7 nitrogen and oxygen atoms in total.